The van der Waals surface area contributed by atoms with E-state index in [0.717, 1.165) is 0 Å². The van der Waals surface area contributed by atoms with Crippen molar-refractivity contribution in [3.05, 3.63) is 76.2 Å². The molecule has 1 aliphatic heterocycles. The monoisotopic (exact) mass is 509 g/mol. The van der Waals surface area contributed by atoms with Gasteiger partial charge in [0.05, 0.1) is 0 Å². The number of thioether (sulfide) groups is 1. The summed E-state index contributed by atoms with van der Waals surface area (Å²) in [5.41, 5.74) is 8.28. The molecule has 0 saturated heterocycles. The van der Waals surface area contributed by atoms with E-state index < -0.39 is 0 Å². The average Bonchev–Trinajstić information content (AvgIpc) is 3.20. The van der Waals surface area contributed by atoms with Gasteiger partial charge in [0.15, 0.2) is 0 Å². The third-order valence-corrected chi connectivity index (χ3v) is 6.05. The maximum atomic E-state index is 2.42. The minimum absolute atomic E-state index is 0. The molecule has 0 fully saturated rings. The first-order valence-corrected chi connectivity index (χ1v) is 12.2. The fraction of sp³-hybridized carbons (Fsp3) is 0.273. The molecule has 4 rings (SSSR count). The van der Waals surface area contributed by atoms with Crippen LogP contribution >= 0.6 is 11.8 Å². The van der Waals surface area contributed by atoms with Gasteiger partial charge in [-0.1, -0.05) is 44.8 Å². The minimum Gasteiger partial charge on any atom is -1.00 e. The third kappa shape index (κ3) is 7.37. The molecule has 0 nitrogen and oxygen atoms in total. The van der Waals surface area contributed by atoms with E-state index >= 15 is 0 Å². The van der Waals surface area contributed by atoms with Gasteiger partial charge < -0.3 is 24.8 Å². The molecule has 0 saturated carbocycles. The quantitative estimate of drug-likeness (QED) is 0.413. The molecule has 27 heavy (non-hydrogen) atoms. The van der Waals surface area contributed by atoms with Gasteiger partial charge in [-0.05, 0) is 34.1 Å². The van der Waals surface area contributed by atoms with Gasteiger partial charge >= 0.3 is 26.2 Å². The number of halogens is 2. The Labute approximate surface area is 201 Å². The fourth-order valence-electron chi connectivity index (χ4n) is 2.98. The normalized spacial score (nSPS) is 13.7. The number of allylic oxidation sites excluding steroid dienone is 4. The Bertz CT molecular complexity index is 838. The second-order valence-corrected chi connectivity index (χ2v) is 10.3. The standard InChI is InChI=1S/C12H13.C10H12SSi.2ClH.Zr/c1-9(2)12-7-10-5-3-4-6-11(10)8-12;1-12(2)7-8-3-9-5-11-6-10(9)4-8;;;/h3-9H,1-2H3;3-5,7H,6H2,1-2H3;2*1H;/q-1;;;;+3/p-2. The van der Waals surface area contributed by atoms with Crippen molar-refractivity contribution in [1.82, 2.24) is 0 Å². The van der Waals surface area contributed by atoms with Gasteiger partial charge in [0.2, 0.25) is 0 Å². The summed E-state index contributed by atoms with van der Waals surface area (Å²) < 4.78 is 0. The van der Waals surface area contributed by atoms with Crippen LogP contribution in [0.4, 0.5) is 0 Å². The van der Waals surface area contributed by atoms with E-state index in [-0.39, 0.29) is 59.4 Å². The molecule has 5 heteroatoms. The van der Waals surface area contributed by atoms with Crippen molar-refractivity contribution >= 4 is 36.6 Å². The Morgan fingerprint density at radius 3 is 2.41 bits per heavy atom. The first kappa shape index (κ1) is 27.0. The van der Waals surface area contributed by atoms with Crippen molar-refractivity contribution in [1.29, 1.82) is 0 Å². The van der Waals surface area contributed by atoms with Crippen LogP contribution in [-0.2, 0) is 26.2 Å². The van der Waals surface area contributed by atoms with Crippen molar-refractivity contribution in [2.75, 3.05) is 5.75 Å². The van der Waals surface area contributed by atoms with Gasteiger partial charge in [-0.25, -0.2) is 0 Å². The first-order valence-electron chi connectivity index (χ1n) is 8.57. The molecule has 141 valence electrons. The van der Waals surface area contributed by atoms with Crippen LogP contribution in [0.5, 0.6) is 0 Å². The van der Waals surface area contributed by atoms with Crippen LogP contribution < -0.4 is 24.8 Å². The van der Waals surface area contributed by atoms with Crippen LogP contribution in [0.3, 0.4) is 0 Å². The smallest absolute Gasteiger partial charge is 1.00 e. The van der Waals surface area contributed by atoms with Gasteiger partial charge in [-0.15, -0.1) is 52.4 Å². The summed E-state index contributed by atoms with van der Waals surface area (Å²) >= 11 is 1.91. The van der Waals surface area contributed by atoms with E-state index in [0.29, 0.717) is 5.92 Å². The Morgan fingerprint density at radius 1 is 1.11 bits per heavy atom. The molecular weight excluding hydrogens is 487 g/mol. The largest absolute Gasteiger partial charge is 3.00 e. The Morgan fingerprint density at radius 2 is 1.81 bits per heavy atom. The predicted octanol–water partition coefficient (Wildman–Crippen LogP) is 0.309. The maximum Gasteiger partial charge on any atom is 3.00 e. The summed E-state index contributed by atoms with van der Waals surface area (Å²) in [4.78, 5) is 0. The molecule has 2 aromatic carbocycles. The molecule has 1 heterocycles. The van der Waals surface area contributed by atoms with Gasteiger partial charge in [0, 0.05) is 14.2 Å². The molecule has 0 atom stereocenters. The maximum absolute atomic E-state index is 2.42. The molecule has 0 unspecified atom stereocenters. The summed E-state index contributed by atoms with van der Waals surface area (Å²) in [6, 6.07) is 13.1. The molecule has 0 N–H and O–H groups in total. The number of benzene rings is 1. The number of rotatable bonds is 2. The topological polar surface area (TPSA) is 0 Å². The second-order valence-electron chi connectivity index (χ2n) is 6.99. The zero-order valence-electron chi connectivity index (χ0n) is 16.2. The van der Waals surface area contributed by atoms with Gasteiger partial charge in [-0.2, -0.15) is 6.07 Å². The number of fused-ring (bicyclic) bond motifs is 2. The number of hydrogen-bond donors (Lipinski definition) is 0. The van der Waals surface area contributed by atoms with Crippen LogP contribution in [0.15, 0.2) is 70.7 Å². The summed E-state index contributed by atoms with van der Waals surface area (Å²) in [5, 5.41) is 4.99. The molecule has 0 amide bonds. The fourth-order valence-corrected chi connectivity index (χ4v) is 4.72. The molecule has 0 aromatic heterocycles. The third-order valence-electron chi connectivity index (χ3n) is 4.25. The van der Waals surface area contributed by atoms with Crippen molar-refractivity contribution < 1.29 is 51.0 Å². The van der Waals surface area contributed by atoms with Gasteiger partial charge in [0.1, 0.15) is 0 Å². The molecule has 2 aliphatic rings. The van der Waals surface area contributed by atoms with E-state index in [4.69, 9.17) is 0 Å². The first-order chi connectivity index (χ1) is 11.5. The van der Waals surface area contributed by atoms with Crippen LogP contribution in [0.2, 0.25) is 13.1 Å². The molecule has 0 spiro atoms. The Kier molecular flexibility index (Phi) is 12.5. The molecular formula is C22H25Cl2SSiZr. The summed E-state index contributed by atoms with van der Waals surface area (Å²) in [6.45, 7) is 9.10. The number of hydrogen-bond acceptors (Lipinski definition) is 1. The summed E-state index contributed by atoms with van der Waals surface area (Å²) in [6.07, 6.45) is 4.65. The zero-order valence-corrected chi connectivity index (χ0v) is 22.0. The molecule has 1 radical (unpaired) electrons. The van der Waals surface area contributed by atoms with Crippen molar-refractivity contribution in [2.24, 2.45) is 0 Å². The van der Waals surface area contributed by atoms with Crippen LogP contribution in [-0.4, -0.2) is 19.8 Å². The van der Waals surface area contributed by atoms with Crippen LogP contribution in [0, 0.1) is 0 Å². The van der Waals surface area contributed by atoms with Crippen molar-refractivity contribution in [3.8, 4) is 0 Å². The second kappa shape index (κ2) is 12.5. The van der Waals surface area contributed by atoms with Crippen LogP contribution in [0.1, 0.15) is 25.3 Å². The van der Waals surface area contributed by atoms with E-state index in [2.05, 4.69) is 86.6 Å². The van der Waals surface area contributed by atoms with Gasteiger partial charge in [-0.3, -0.25) is 0 Å². The van der Waals surface area contributed by atoms with Crippen molar-refractivity contribution in [2.45, 2.75) is 32.9 Å². The minimum atomic E-state index is -0.220. The predicted molar refractivity (Wildman–Crippen MR) is 114 cm³/mol. The molecule has 2 aromatic rings. The van der Waals surface area contributed by atoms with Crippen LogP contribution in [0.25, 0.3) is 10.8 Å². The molecule has 0 bridgehead atoms. The summed E-state index contributed by atoms with van der Waals surface area (Å²) in [7, 11) is -0.220. The molecule has 1 aliphatic carbocycles. The SMILES string of the molecule is CC(C)c1cc2ccccc2[cH-]1.C[Si](C)=CC1=CC2=CSCC2=C1.[Cl-].[Cl-].[Zr+3]. The Balaban J connectivity index is 0.000000451. The van der Waals surface area contributed by atoms with E-state index in [1.54, 1.807) is 0 Å². The zero-order chi connectivity index (χ0) is 17.1. The van der Waals surface area contributed by atoms with Gasteiger partial charge in [0.25, 0.3) is 0 Å². The summed E-state index contributed by atoms with van der Waals surface area (Å²) in [5.74, 6) is 1.82. The average molecular weight is 512 g/mol. The van der Waals surface area contributed by atoms with E-state index in [1.165, 1.54) is 38.8 Å². The Hall–Kier alpha value is -0.0500. The van der Waals surface area contributed by atoms with E-state index in [9.17, 15) is 0 Å². The van der Waals surface area contributed by atoms with Crippen molar-refractivity contribution in [3.63, 3.8) is 0 Å². The van der Waals surface area contributed by atoms with E-state index in [1.807, 2.05) is 11.8 Å².